The lowest BCUT2D eigenvalue weighted by atomic mass is 10.0. The summed E-state index contributed by atoms with van der Waals surface area (Å²) in [4.78, 5) is 20.8. The molecule has 126 valence electrons. The van der Waals surface area contributed by atoms with E-state index in [1.54, 1.807) is 18.2 Å². The van der Waals surface area contributed by atoms with E-state index < -0.39 is 22.0 Å². The van der Waals surface area contributed by atoms with Gasteiger partial charge in [0.05, 0.1) is 4.90 Å². The average molecular weight is 348 g/mol. The van der Waals surface area contributed by atoms with E-state index in [1.807, 2.05) is 13.8 Å². The molecule has 9 nitrogen and oxygen atoms in total. The smallest absolute Gasteiger partial charge is 0.263 e. The topological polar surface area (TPSA) is 129 Å². The highest BCUT2D eigenvalue weighted by molar-refractivity contribution is 7.90. The molecule has 1 aliphatic rings. The van der Waals surface area contributed by atoms with Crippen molar-refractivity contribution in [3.8, 4) is 0 Å². The van der Waals surface area contributed by atoms with Gasteiger partial charge < -0.3 is 0 Å². The first-order valence-electron chi connectivity index (χ1n) is 7.25. The molecular formula is C14H16N6O3S. The van der Waals surface area contributed by atoms with Crippen LogP contribution in [-0.2, 0) is 14.8 Å². The number of amidine groups is 1. The maximum absolute atomic E-state index is 12.4. The number of sulfonamides is 1. The summed E-state index contributed by atoms with van der Waals surface area (Å²) in [6.07, 6.45) is 1.27. The highest BCUT2D eigenvalue weighted by Crippen LogP contribution is 2.23. The number of amides is 1. The molecule has 2 heterocycles. The summed E-state index contributed by atoms with van der Waals surface area (Å²) in [5, 5.41) is 8.75. The molecule has 10 heteroatoms. The fourth-order valence-corrected chi connectivity index (χ4v) is 3.57. The number of carbonyl (C=O) groups excluding carboxylic acids is 1. The first kappa shape index (κ1) is 16.1. The van der Waals surface area contributed by atoms with Crippen LogP contribution in [0.15, 0.2) is 40.5 Å². The van der Waals surface area contributed by atoms with Crippen molar-refractivity contribution in [2.24, 2.45) is 10.9 Å². The molecule has 1 atom stereocenters. The Kier molecular flexibility index (Phi) is 4.06. The van der Waals surface area contributed by atoms with Crippen LogP contribution in [0.2, 0.25) is 0 Å². The van der Waals surface area contributed by atoms with Gasteiger partial charge in [0.15, 0.2) is 0 Å². The van der Waals surface area contributed by atoms with E-state index in [2.05, 4.69) is 30.2 Å². The summed E-state index contributed by atoms with van der Waals surface area (Å²) in [6.45, 7) is 3.65. The Morgan fingerprint density at radius 3 is 2.71 bits per heavy atom. The number of anilines is 1. The Morgan fingerprint density at radius 2 is 2.04 bits per heavy atom. The number of nitrogens with zero attached hydrogens (tertiary/aromatic N) is 3. The summed E-state index contributed by atoms with van der Waals surface area (Å²) in [5.41, 5.74) is 0.454. The van der Waals surface area contributed by atoms with Gasteiger partial charge in [0.2, 0.25) is 5.95 Å². The monoisotopic (exact) mass is 348 g/mol. The predicted molar refractivity (Wildman–Crippen MR) is 86.9 cm³/mol. The zero-order valence-electron chi connectivity index (χ0n) is 13.0. The second-order valence-corrected chi connectivity index (χ2v) is 7.24. The standard InChI is InChI=1S/C14H16N6O3S/c1-8(2)11(13(21)18-14-15-7-16-19-14)17-12-9-5-3-4-6-10(9)24(22,23)20-12/h3-8,11H,1-2H3,(H,17,20)(H2,15,16,18,19,21)/t11-/m1/s1. The molecular weight excluding hydrogens is 332 g/mol. The lowest BCUT2D eigenvalue weighted by molar-refractivity contribution is -0.118. The first-order valence-corrected chi connectivity index (χ1v) is 8.73. The molecule has 1 aromatic heterocycles. The van der Waals surface area contributed by atoms with Crippen molar-refractivity contribution < 1.29 is 13.2 Å². The molecule has 1 amide bonds. The minimum atomic E-state index is -3.64. The van der Waals surface area contributed by atoms with Gasteiger partial charge in [0, 0.05) is 5.56 Å². The minimum absolute atomic E-state index is 0.155. The lowest BCUT2D eigenvalue weighted by Crippen LogP contribution is -2.34. The van der Waals surface area contributed by atoms with Crippen LogP contribution >= 0.6 is 0 Å². The van der Waals surface area contributed by atoms with Crippen LogP contribution in [0, 0.1) is 5.92 Å². The average Bonchev–Trinajstić information content (AvgIpc) is 3.11. The zero-order chi connectivity index (χ0) is 17.3. The third-order valence-corrected chi connectivity index (χ3v) is 4.88. The van der Waals surface area contributed by atoms with E-state index in [0.29, 0.717) is 5.56 Å². The molecule has 0 bridgehead atoms. The summed E-state index contributed by atoms with van der Waals surface area (Å²) < 4.78 is 26.7. The molecule has 3 rings (SSSR count). The van der Waals surface area contributed by atoms with Crippen molar-refractivity contribution in [3.05, 3.63) is 36.2 Å². The summed E-state index contributed by atoms with van der Waals surface area (Å²) in [7, 11) is -3.64. The molecule has 0 unspecified atom stereocenters. The number of aliphatic imine (C=N–C) groups is 1. The van der Waals surface area contributed by atoms with Crippen LogP contribution in [0.1, 0.15) is 19.4 Å². The first-order chi connectivity index (χ1) is 11.4. The quantitative estimate of drug-likeness (QED) is 0.741. The van der Waals surface area contributed by atoms with Crippen molar-refractivity contribution >= 4 is 27.7 Å². The largest absolute Gasteiger partial charge is 0.293 e. The highest BCUT2D eigenvalue weighted by atomic mass is 32.2. The molecule has 0 aliphatic carbocycles. The second kappa shape index (κ2) is 6.04. The SMILES string of the molecule is CC(C)[C@@H](N=C1NS(=O)(=O)c2ccccc21)C(=O)Nc1ncn[nH]1. The number of carbonyl (C=O) groups is 1. The molecule has 3 N–H and O–H groups in total. The molecule has 0 radical (unpaired) electrons. The molecule has 2 aromatic rings. The number of benzene rings is 1. The van der Waals surface area contributed by atoms with Crippen LogP contribution in [-0.4, -0.2) is 41.4 Å². The Hall–Kier alpha value is -2.75. The zero-order valence-corrected chi connectivity index (χ0v) is 13.8. The van der Waals surface area contributed by atoms with Gasteiger partial charge in [-0.3, -0.25) is 19.8 Å². The highest BCUT2D eigenvalue weighted by Gasteiger charge is 2.32. The van der Waals surface area contributed by atoms with Gasteiger partial charge in [0.1, 0.15) is 18.2 Å². The molecule has 0 saturated heterocycles. The fraction of sp³-hybridized carbons (Fsp3) is 0.286. The van der Waals surface area contributed by atoms with Gasteiger partial charge in [-0.15, -0.1) is 0 Å². The normalized spacial score (nSPS) is 18.2. The van der Waals surface area contributed by atoms with E-state index in [9.17, 15) is 13.2 Å². The summed E-state index contributed by atoms with van der Waals surface area (Å²) in [6, 6.07) is 5.71. The number of aromatic nitrogens is 3. The van der Waals surface area contributed by atoms with E-state index >= 15 is 0 Å². The van der Waals surface area contributed by atoms with Gasteiger partial charge in [0.25, 0.3) is 15.9 Å². The molecule has 1 aromatic carbocycles. The second-order valence-electron chi connectivity index (χ2n) is 5.59. The fourth-order valence-electron chi connectivity index (χ4n) is 2.34. The predicted octanol–water partition coefficient (Wildman–Crippen LogP) is 0.506. The van der Waals surface area contributed by atoms with Crippen LogP contribution in [0.25, 0.3) is 0 Å². The molecule has 0 saturated carbocycles. The summed E-state index contributed by atoms with van der Waals surface area (Å²) in [5.74, 6) is -0.189. The van der Waals surface area contributed by atoms with Crippen molar-refractivity contribution in [3.63, 3.8) is 0 Å². The number of hydrogen-bond acceptors (Lipinski definition) is 6. The minimum Gasteiger partial charge on any atom is -0.293 e. The van der Waals surface area contributed by atoms with Gasteiger partial charge in [-0.2, -0.15) is 10.1 Å². The lowest BCUT2D eigenvalue weighted by Gasteiger charge is -2.16. The van der Waals surface area contributed by atoms with Crippen molar-refractivity contribution in [1.82, 2.24) is 19.9 Å². The van der Waals surface area contributed by atoms with Crippen LogP contribution in [0.4, 0.5) is 5.95 Å². The Morgan fingerprint density at radius 1 is 1.29 bits per heavy atom. The van der Waals surface area contributed by atoms with Gasteiger partial charge in [-0.05, 0) is 18.1 Å². The maximum atomic E-state index is 12.4. The van der Waals surface area contributed by atoms with Crippen LogP contribution in [0.3, 0.4) is 0 Å². The van der Waals surface area contributed by atoms with E-state index in [4.69, 9.17) is 0 Å². The Labute approximate surface area is 138 Å². The maximum Gasteiger partial charge on any atom is 0.263 e. The van der Waals surface area contributed by atoms with E-state index in [-0.39, 0.29) is 22.6 Å². The van der Waals surface area contributed by atoms with Gasteiger partial charge >= 0.3 is 0 Å². The van der Waals surface area contributed by atoms with Crippen molar-refractivity contribution in [2.45, 2.75) is 24.8 Å². The number of rotatable bonds is 4. The van der Waals surface area contributed by atoms with Crippen LogP contribution in [0.5, 0.6) is 0 Å². The molecule has 0 spiro atoms. The van der Waals surface area contributed by atoms with E-state index in [0.717, 1.165) is 0 Å². The molecule has 24 heavy (non-hydrogen) atoms. The Balaban J connectivity index is 1.94. The molecule has 0 fully saturated rings. The summed E-state index contributed by atoms with van der Waals surface area (Å²) >= 11 is 0. The van der Waals surface area contributed by atoms with E-state index in [1.165, 1.54) is 12.4 Å². The number of fused-ring (bicyclic) bond motifs is 1. The number of aromatic amines is 1. The third kappa shape index (κ3) is 3.00. The van der Waals surface area contributed by atoms with Gasteiger partial charge in [-0.1, -0.05) is 26.0 Å². The Bertz CT molecular complexity index is 889. The van der Waals surface area contributed by atoms with Crippen molar-refractivity contribution in [2.75, 3.05) is 5.32 Å². The van der Waals surface area contributed by atoms with Crippen molar-refractivity contribution in [1.29, 1.82) is 0 Å². The number of H-pyrrole nitrogens is 1. The molecule has 1 aliphatic heterocycles. The number of hydrogen-bond donors (Lipinski definition) is 3. The van der Waals surface area contributed by atoms with Gasteiger partial charge in [-0.25, -0.2) is 13.5 Å². The third-order valence-electron chi connectivity index (χ3n) is 3.49. The van der Waals surface area contributed by atoms with Crippen LogP contribution < -0.4 is 10.0 Å². The number of nitrogens with one attached hydrogen (secondary N) is 3.